The Morgan fingerprint density at radius 1 is 1.09 bits per heavy atom. The Morgan fingerprint density at radius 3 is 2.81 bits per heavy atom. The molecule has 0 unspecified atom stereocenters. The van der Waals surface area contributed by atoms with Crippen LogP contribution in [0.4, 0.5) is 17.3 Å². The van der Waals surface area contributed by atoms with Crippen LogP contribution in [-0.2, 0) is 13.0 Å². The number of methoxy groups -OCH3 is 1. The first-order valence-electron chi connectivity index (χ1n) is 10.6. The molecule has 4 aromatic rings. The van der Waals surface area contributed by atoms with Crippen molar-refractivity contribution in [2.75, 3.05) is 31.8 Å². The molecule has 3 N–H and O–H groups in total. The van der Waals surface area contributed by atoms with Crippen LogP contribution < -0.4 is 15.8 Å². The third-order valence-corrected chi connectivity index (χ3v) is 6.12. The van der Waals surface area contributed by atoms with E-state index in [9.17, 15) is 0 Å². The van der Waals surface area contributed by atoms with Crippen LogP contribution in [0.2, 0.25) is 0 Å². The van der Waals surface area contributed by atoms with Crippen molar-refractivity contribution >= 4 is 28.2 Å². The molecule has 0 saturated carbocycles. The van der Waals surface area contributed by atoms with Gasteiger partial charge in [0.05, 0.1) is 30.2 Å². The maximum Gasteiger partial charge on any atom is 0.227 e. The van der Waals surface area contributed by atoms with Gasteiger partial charge in [-0.25, -0.2) is 9.97 Å². The third kappa shape index (κ3) is 3.71. The summed E-state index contributed by atoms with van der Waals surface area (Å²) in [4.78, 5) is 15.9. The van der Waals surface area contributed by atoms with E-state index in [1.165, 1.54) is 11.1 Å². The first-order valence-corrected chi connectivity index (χ1v) is 10.6. The highest BCUT2D eigenvalue weighted by Crippen LogP contribution is 2.33. The number of nitrogens with two attached hydrogens (primary N) is 1. The zero-order chi connectivity index (χ0) is 22.2. The summed E-state index contributed by atoms with van der Waals surface area (Å²) in [7, 11) is 3.83. The standard InChI is InChI=1S/C25H26N6O/c1-15-20(12-27-13-21(15)26)17-4-5-18-11-28-25(29-22(18)8-17)30-23-9-19-14-31(2)7-6-16(19)10-24(23)32-3/h4-5,8-13H,6-7,14,26H2,1-3H3,(H,28,29,30). The van der Waals surface area contributed by atoms with Gasteiger partial charge in [0.25, 0.3) is 0 Å². The summed E-state index contributed by atoms with van der Waals surface area (Å²) in [5.41, 5.74) is 14.1. The second-order valence-corrected chi connectivity index (χ2v) is 8.30. The van der Waals surface area contributed by atoms with Gasteiger partial charge in [-0.2, -0.15) is 0 Å². The number of rotatable bonds is 4. The Balaban J connectivity index is 1.51. The topological polar surface area (TPSA) is 89.2 Å². The minimum atomic E-state index is 0.527. The lowest BCUT2D eigenvalue weighted by Crippen LogP contribution is -2.26. The van der Waals surface area contributed by atoms with E-state index in [-0.39, 0.29) is 0 Å². The molecule has 7 nitrogen and oxygen atoms in total. The quantitative estimate of drug-likeness (QED) is 0.502. The van der Waals surface area contributed by atoms with Gasteiger partial charge < -0.3 is 20.7 Å². The highest BCUT2D eigenvalue weighted by molar-refractivity contribution is 5.86. The third-order valence-electron chi connectivity index (χ3n) is 6.12. The fourth-order valence-electron chi connectivity index (χ4n) is 4.20. The molecule has 2 aromatic heterocycles. The van der Waals surface area contributed by atoms with Crippen molar-refractivity contribution < 1.29 is 4.74 Å². The van der Waals surface area contributed by atoms with Gasteiger partial charge in [-0.1, -0.05) is 12.1 Å². The fraction of sp³-hybridized carbons (Fsp3) is 0.240. The lowest BCUT2D eigenvalue weighted by Gasteiger charge is -2.26. The Morgan fingerprint density at radius 2 is 1.97 bits per heavy atom. The number of likely N-dealkylation sites (N-methyl/N-ethyl adjacent to an activating group) is 1. The van der Waals surface area contributed by atoms with E-state index >= 15 is 0 Å². The predicted molar refractivity (Wildman–Crippen MR) is 128 cm³/mol. The van der Waals surface area contributed by atoms with Crippen molar-refractivity contribution in [2.24, 2.45) is 0 Å². The first-order chi connectivity index (χ1) is 15.5. The van der Waals surface area contributed by atoms with Crippen LogP contribution >= 0.6 is 0 Å². The normalized spacial score (nSPS) is 13.7. The Labute approximate surface area is 187 Å². The monoisotopic (exact) mass is 426 g/mol. The summed E-state index contributed by atoms with van der Waals surface area (Å²) in [6, 6.07) is 10.4. The maximum absolute atomic E-state index is 6.05. The van der Waals surface area contributed by atoms with E-state index in [1.807, 2.05) is 37.5 Å². The summed E-state index contributed by atoms with van der Waals surface area (Å²) in [5.74, 6) is 1.33. The average molecular weight is 427 g/mol. The Hall–Kier alpha value is -3.71. The number of pyridine rings is 1. The van der Waals surface area contributed by atoms with E-state index in [0.29, 0.717) is 11.6 Å². The van der Waals surface area contributed by atoms with Crippen LogP contribution in [-0.4, -0.2) is 40.6 Å². The van der Waals surface area contributed by atoms with E-state index in [0.717, 1.165) is 58.5 Å². The number of anilines is 3. The molecule has 1 aliphatic rings. The molecule has 0 aliphatic carbocycles. The molecule has 2 aromatic carbocycles. The van der Waals surface area contributed by atoms with Gasteiger partial charge in [-0.15, -0.1) is 0 Å². The summed E-state index contributed by atoms with van der Waals surface area (Å²) in [6.45, 7) is 3.98. The van der Waals surface area contributed by atoms with E-state index < -0.39 is 0 Å². The van der Waals surface area contributed by atoms with Crippen molar-refractivity contribution in [3.8, 4) is 16.9 Å². The van der Waals surface area contributed by atoms with Gasteiger partial charge in [0.15, 0.2) is 0 Å². The summed E-state index contributed by atoms with van der Waals surface area (Å²) < 4.78 is 5.65. The van der Waals surface area contributed by atoms with E-state index in [4.69, 9.17) is 15.5 Å². The zero-order valence-corrected chi connectivity index (χ0v) is 18.5. The second-order valence-electron chi connectivity index (χ2n) is 8.30. The molecule has 0 amide bonds. The molecule has 0 spiro atoms. The van der Waals surface area contributed by atoms with Gasteiger partial charge in [-0.3, -0.25) is 4.98 Å². The number of benzene rings is 2. The molecule has 0 fully saturated rings. The molecular formula is C25H26N6O. The molecule has 0 bridgehead atoms. The molecule has 0 atom stereocenters. The van der Waals surface area contributed by atoms with Crippen molar-refractivity contribution in [2.45, 2.75) is 19.9 Å². The van der Waals surface area contributed by atoms with Crippen molar-refractivity contribution in [1.29, 1.82) is 0 Å². The van der Waals surface area contributed by atoms with Crippen LogP contribution in [0.25, 0.3) is 22.0 Å². The number of aromatic nitrogens is 3. The highest BCUT2D eigenvalue weighted by atomic mass is 16.5. The first kappa shape index (κ1) is 20.2. The number of hydrogen-bond donors (Lipinski definition) is 2. The number of nitrogens with zero attached hydrogens (tertiary/aromatic N) is 4. The number of fused-ring (bicyclic) bond motifs is 2. The van der Waals surface area contributed by atoms with Gasteiger partial charge >= 0.3 is 0 Å². The lowest BCUT2D eigenvalue weighted by atomic mass is 9.99. The van der Waals surface area contributed by atoms with Gasteiger partial charge in [0.2, 0.25) is 5.95 Å². The number of hydrogen-bond acceptors (Lipinski definition) is 7. The minimum Gasteiger partial charge on any atom is -0.495 e. The van der Waals surface area contributed by atoms with Gasteiger partial charge in [0, 0.05) is 36.4 Å². The Bertz CT molecular complexity index is 1320. The summed E-state index contributed by atoms with van der Waals surface area (Å²) in [6.07, 6.45) is 6.36. The fourth-order valence-corrected chi connectivity index (χ4v) is 4.20. The molecule has 32 heavy (non-hydrogen) atoms. The van der Waals surface area contributed by atoms with Crippen LogP contribution in [0.1, 0.15) is 16.7 Å². The van der Waals surface area contributed by atoms with Crippen molar-refractivity contribution in [3.05, 3.63) is 65.6 Å². The molecule has 1 aliphatic heterocycles. The molecule has 0 radical (unpaired) electrons. The average Bonchev–Trinajstić information content (AvgIpc) is 2.80. The van der Waals surface area contributed by atoms with Gasteiger partial charge in [-0.05, 0) is 60.8 Å². The van der Waals surface area contributed by atoms with E-state index in [1.54, 1.807) is 13.3 Å². The molecule has 5 rings (SSSR count). The van der Waals surface area contributed by atoms with Crippen molar-refractivity contribution in [3.63, 3.8) is 0 Å². The molecule has 162 valence electrons. The maximum atomic E-state index is 6.05. The number of ether oxygens (including phenoxy) is 1. The van der Waals surface area contributed by atoms with Crippen LogP contribution in [0, 0.1) is 6.92 Å². The molecule has 0 saturated heterocycles. The summed E-state index contributed by atoms with van der Waals surface area (Å²) >= 11 is 0. The van der Waals surface area contributed by atoms with Crippen LogP contribution in [0.5, 0.6) is 5.75 Å². The smallest absolute Gasteiger partial charge is 0.227 e. The largest absolute Gasteiger partial charge is 0.495 e. The van der Waals surface area contributed by atoms with Gasteiger partial charge in [0.1, 0.15) is 5.75 Å². The van der Waals surface area contributed by atoms with Crippen molar-refractivity contribution in [1.82, 2.24) is 19.9 Å². The molecule has 3 heterocycles. The van der Waals surface area contributed by atoms with Crippen LogP contribution in [0.3, 0.4) is 0 Å². The van der Waals surface area contributed by atoms with Crippen LogP contribution in [0.15, 0.2) is 48.9 Å². The van der Waals surface area contributed by atoms with E-state index in [2.05, 4.69) is 39.4 Å². The lowest BCUT2D eigenvalue weighted by molar-refractivity contribution is 0.312. The second kappa shape index (κ2) is 8.09. The minimum absolute atomic E-state index is 0.527. The Kier molecular flexibility index (Phi) is 5.11. The highest BCUT2D eigenvalue weighted by Gasteiger charge is 2.17. The SMILES string of the molecule is COc1cc2c(cc1Nc1ncc3ccc(-c4cncc(N)c4C)cc3n1)CN(C)CC2. The molecule has 7 heteroatoms. The number of nitrogens with one attached hydrogen (secondary N) is 1. The number of nitrogen functional groups attached to an aromatic ring is 1. The predicted octanol–water partition coefficient (Wildman–Crippen LogP) is 4.32. The summed E-state index contributed by atoms with van der Waals surface area (Å²) in [5, 5.41) is 4.33. The molecular weight excluding hydrogens is 400 g/mol. The zero-order valence-electron chi connectivity index (χ0n) is 18.5.